The molecule has 76 valence electrons. The highest BCUT2D eigenvalue weighted by Crippen LogP contribution is 2.66. The summed E-state index contributed by atoms with van der Waals surface area (Å²) in [4.78, 5) is 0. The van der Waals surface area contributed by atoms with Crippen molar-refractivity contribution in [1.82, 2.24) is 0 Å². The van der Waals surface area contributed by atoms with Crippen molar-refractivity contribution in [3.05, 3.63) is 0 Å². The first-order valence-corrected chi connectivity index (χ1v) is 6.15. The van der Waals surface area contributed by atoms with Gasteiger partial charge < -0.3 is 4.55 Å². The average molecular weight is 202 g/mol. The Kier molecular flexibility index (Phi) is 1.91. The molecule has 2 saturated carbocycles. The Labute approximate surface area is 82.4 Å². The molecule has 1 N–H and O–H groups in total. The Hall–Kier alpha value is 0.110. The van der Waals surface area contributed by atoms with Gasteiger partial charge in [-0.25, -0.2) is 4.21 Å². The highest BCUT2D eigenvalue weighted by molar-refractivity contribution is 7.79. The molecule has 2 fully saturated rings. The van der Waals surface area contributed by atoms with Gasteiger partial charge >= 0.3 is 0 Å². The Morgan fingerprint density at radius 1 is 1.38 bits per heavy atom. The van der Waals surface area contributed by atoms with Crippen molar-refractivity contribution >= 4 is 11.1 Å². The lowest BCUT2D eigenvalue weighted by Gasteiger charge is -2.33. The van der Waals surface area contributed by atoms with Crippen LogP contribution in [0.5, 0.6) is 0 Å². The third-order valence-corrected chi connectivity index (χ3v) is 5.86. The molecule has 2 aliphatic carbocycles. The van der Waals surface area contributed by atoms with Gasteiger partial charge in [-0.3, -0.25) is 0 Å². The number of fused-ring (bicyclic) bond motifs is 2. The Bertz CT molecular complexity index is 259. The molecule has 0 aromatic rings. The molecule has 0 aliphatic heterocycles. The lowest BCUT2D eigenvalue weighted by Crippen LogP contribution is -2.27. The minimum absolute atomic E-state index is 0.0359. The maximum absolute atomic E-state index is 11.1. The zero-order chi connectivity index (χ0) is 9.85. The number of rotatable bonds is 1. The molecular formula is C10H18O2S. The van der Waals surface area contributed by atoms with E-state index in [4.69, 9.17) is 0 Å². The summed E-state index contributed by atoms with van der Waals surface area (Å²) in [6, 6.07) is 0. The molecule has 0 amide bonds. The molecule has 0 saturated heterocycles. The van der Waals surface area contributed by atoms with Gasteiger partial charge in [0.1, 0.15) is 0 Å². The summed E-state index contributed by atoms with van der Waals surface area (Å²) in [5, 5.41) is 0.0359. The third-order valence-electron chi connectivity index (χ3n) is 4.85. The standard InChI is InChI=1S/C10H18O2S/c1-9(2)7-4-5-10(9,3)6-8(7)13(11)12/h7-8H,4-6H2,1-3H3,(H,11,12). The van der Waals surface area contributed by atoms with Crippen molar-refractivity contribution in [3.63, 3.8) is 0 Å². The molecule has 0 aromatic carbocycles. The van der Waals surface area contributed by atoms with E-state index in [0.29, 0.717) is 11.3 Å². The van der Waals surface area contributed by atoms with Gasteiger partial charge in [0, 0.05) is 0 Å². The summed E-state index contributed by atoms with van der Waals surface area (Å²) in [5.74, 6) is 0.461. The summed E-state index contributed by atoms with van der Waals surface area (Å²) in [6.45, 7) is 6.80. The monoisotopic (exact) mass is 202 g/mol. The van der Waals surface area contributed by atoms with Crippen LogP contribution in [0.1, 0.15) is 40.0 Å². The van der Waals surface area contributed by atoms with Crippen molar-refractivity contribution in [2.75, 3.05) is 0 Å². The van der Waals surface area contributed by atoms with E-state index in [1.807, 2.05) is 0 Å². The summed E-state index contributed by atoms with van der Waals surface area (Å²) in [5.41, 5.74) is 0.566. The largest absolute Gasteiger partial charge is 0.306 e. The van der Waals surface area contributed by atoms with Crippen LogP contribution in [-0.4, -0.2) is 14.0 Å². The van der Waals surface area contributed by atoms with Crippen LogP contribution in [-0.2, 0) is 11.1 Å². The predicted molar refractivity (Wildman–Crippen MR) is 53.8 cm³/mol. The van der Waals surface area contributed by atoms with Crippen molar-refractivity contribution in [3.8, 4) is 0 Å². The molecule has 0 spiro atoms. The van der Waals surface area contributed by atoms with E-state index in [9.17, 15) is 8.76 Å². The van der Waals surface area contributed by atoms with Crippen molar-refractivity contribution in [2.24, 2.45) is 16.7 Å². The maximum Gasteiger partial charge on any atom is 0.156 e. The summed E-state index contributed by atoms with van der Waals surface area (Å²) in [6.07, 6.45) is 3.31. The highest BCUT2D eigenvalue weighted by Gasteiger charge is 2.61. The van der Waals surface area contributed by atoms with Crippen LogP contribution in [0, 0.1) is 16.7 Å². The van der Waals surface area contributed by atoms with E-state index < -0.39 is 11.1 Å². The van der Waals surface area contributed by atoms with Crippen LogP contribution in [0.4, 0.5) is 0 Å². The first-order chi connectivity index (χ1) is 5.88. The smallest absolute Gasteiger partial charge is 0.156 e. The molecule has 13 heavy (non-hydrogen) atoms. The molecule has 2 bridgehead atoms. The Balaban J connectivity index is 2.34. The summed E-state index contributed by atoms with van der Waals surface area (Å²) in [7, 11) is 0. The van der Waals surface area contributed by atoms with Crippen LogP contribution < -0.4 is 0 Å². The SMILES string of the molecule is CC12CCC(C(S(=O)O)C1)C2(C)C. The fourth-order valence-electron chi connectivity index (χ4n) is 3.42. The van der Waals surface area contributed by atoms with Crippen LogP contribution in [0.25, 0.3) is 0 Å². The van der Waals surface area contributed by atoms with E-state index in [1.165, 1.54) is 6.42 Å². The first-order valence-electron chi connectivity index (χ1n) is 4.98. The van der Waals surface area contributed by atoms with E-state index >= 15 is 0 Å². The molecule has 4 unspecified atom stereocenters. The Morgan fingerprint density at radius 3 is 2.23 bits per heavy atom. The van der Waals surface area contributed by atoms with Gasteiger partial charge in [0.25, 0.3) is 0 Å². The lowest BCUT2D eigenvalue weighted by atomic mass is 9.71. The third kappa shape index (κ3) is 1.06. The topological polar surface area (TPSA) is 37.3 Å². The highest BCUT2D eigenvalue weighted by atomic mass is 32.2. The number of hydrogen-bond acceptors (Lipinski definition) is 1. The minimum atomic E-state index is -1.61. The van der Waals surface area contributed by atoms with Crippen LogP contribution in [0.3, 0.4) is 0 Å². The maximum atomic E-state index is 11.1. The van der Waals surface area contributed by atoms with E-state index in [1.54, 1.807) is 0 Å². The predicted octanol–water partition coefficient (Wildman–Crippen LogP) is 2.42. The Morgan fingerprint density at radius 2 is 2.00 bits per heavy atom. The quantitative estimate of drug-likeness (QED) is 0.663. The summed E-state index contributed by atoms with van der Waals surface area (Å²) >= 11 is -1.61. The molecule has 0 heterocycles. The van der Waals surface area contributed by atoms with Crippen LogP contribution in [0.15, 0.2) is 0 Å². The van der Waals surface area contributed by atoms with Crippen molar-refractivity contribution in [1.29, 1.82) is 0 Å². The zero-order valence-corrected chi connectivity index (χ0v) is 9.36. The lowest BCUT2D eigenvalue weighted by molar-refractivity contribution is 0.152. The normalized spacial score (nSPS) is 49.5. The molecule has 0 radical (unpaired) electrons. The molecule has 2 nitrogen and oxygen atoms in total. The molecule has 2 rings (SSSR count). The van der Waals surface area contributed by atoms with E-state index in [0.717, 1.165) is 12.8 Å². The summed E-state index contributed by atoms with van der Waals surface area (Å²) < 4.78 is 20.3. The van der Waals surface area contributed by atoms with E-state index in [-0.39, 0.29) is 10.7 Å². The van der Waals surface area contributed by atoms with Crippen molar-refractivity contribution < 1.29 is 8.76 Å². The molecule has 2 aliphatic rings. The molecule has 0 aromatic heterocycles. The van der Waals surface area contributed by atoms with Gasteiger partial charge in [-0.05, 0) is 36.0 Å². The average Bonchev–Trinajstić information content (AvgIpc) is 2.34. The molecule has 3 heteroatoms. The van der Waals surface area contributed by atoms with Crippen LogP contribution >= 0.6 is 0 Å². The minimum Gasteiger partial charge on any atom is -0.306 e. The van der Waals surface area contributed by atoms with Crippen LogP contribution in [0.2, 0.25) is 0 Å². The first kappa shape index (κ1) is 9.66. The van der Waals surface area contributed by atoms with Gasteiger partial charge in [0.15, 0.2) is 11.1 Å². The van der Waals surface area contributed by atoms with Gasteiger partial charge in [0.2, 0.25) is 0 Å². The molecular weight excluding hydrogens is 184 g/mol. The fourth-order valence-corrected chi connectivity index (χ4v) is 4.69. The molecule has 4 atom stereocenters. The second kappa shape index (κ2) is 2.57. The second-order valence-electron chi connectivity index (χ2n) is 5.45. The van der Waals surface area contributed by atoms with E-state index in [2.05, 4.69) is 20.8 Å². The fraction of sp³-hybridized carbons (Fsp3) is 1.00. The zero-order valence-electron chi connectivity index (χ0n) is 8.54. The van der Waals surface area contributed by atoms with Gasteiger partial charge in [-0.15, -0.1) is 0 Å². The van der Waals surface area contributed by atoms with Crippen molar-refractivity contribution in [2.45, 2.75) is 45.3 Å². The van der Waals surface area contributed by atoms with Gasteiger partial charge in [-0.1, -0.05) is 20.8 Å². The number of hydrogen-bond donors (Lipinski definition) is 1. The van der Waals surface area contributed by atoms with Gasteiger partial charge in [-0.2, -0.15) is 0 Å². The van der Waals surface area contributed by atoms with Gasteiger partial charge in [0.05, 0.1) is 5.25 Å². The second-order valence-corrected chi connectivity index (χ2v) is 6.60.